The molecule has 82 valence electrons. The van der Waals surface area contributed by atoms with Crippen molar-refractivity contribution >= 4 is 17.5 Å². The van der Waals surface area contributed by atoms with Gasteiger partial charge in [0, 0.05) is 18.4 Å². The average molecular weight is 227 g/mol. The maximum absolute atomic E-state index is 11.8. The Labute approximate surface area is 94.9 Å². The van der Waals surface area contributed by atoms with E-state index in [9.17, 15) is 4.79 Å². The minimum atomic E-state index is -0.151. The van der Waals surface area contributed by atoms with Gasteiger partial charge < -0.3 is 5.32 Å². The summed E-state index contributed by atoms with van der Waals surface area (Å²) in [6.07, 6.45) is 4.89. The highest BCUT2D eigenvalue weighted by Crippen LogP contribution is 2.13. The lowest BCUT2D eigenvalue weighted by Crippen LogP contribution is -2.34. The first-order valence-corrected chi connectivity index (χ1v) is 5.47. The summed E-state index contributed by atoms with van der Waals surface area (Å²) in [5.41, 5.74) is 0.436. The minimum Gasteiger partial charge on any atom is -0.349 e. The van der Waals surface area contributed by atoms with E-state index in [1.54, 1.807) is 12.3 Å². The summed E-state index contributed by atoms with van der Waals surface area (Å²) in [7, 11) is 0. The number of carbonyl (C=O) groups excluding carboxylic acids is 1. The van der Waals surface area contributed by atoms with Crippen LogP contribution in [0.3, 0.4) is 0 Å². The lowest BCUT2D eigenvalue weighted by Gasteiger charge is -2.14. The van der Waals surface area contributed by atoms with Crippen molar-refractivity contribution in [1.29, 1.82) is 0 Å². The number of nitrogens with zero attached hydrogens (tertiary/aromatic N) is 1. The topological polar surface area (TPSA) is 42.0 Å². The summed E-state index contributed by atoms with van der Waals surface area (Å²) in [5, 5.41) is 3.35. The summed E-state index contributed by atoms with van der Waals surface area (Å²) in [6, 6.07) is 1.82. The Bertz CT molecular complexity index is 337. The quantitative estimate of drug-likeness (QED) is 0.858. The fourth-order valence-electron chi connectivity index (χ4n) is 1.30. The van der Waals surface area contributed by atoms with Crippen molar-refractivity contribution in [3.05, 3.63) is 29.0 Å². The van der Waals surface area contributed by atoms with E-state index in [4.69, 9.17) is 11.6 Å². The number of hydrogen-bond donors (Lipinski definition) is 1. The first-order chi connectivity index (χ1) is 7.19. The number of hydrogen-bond acceptors (Lipinski definition) is 2. The van der Waals surface area contributed by atoms with E-state index in [1.165, 1.54) is 6.20 Å². The Kier molecular flexibility index (Phi) is 4.56. The van der Waals surface area contributed by atoms with Crippen molar-refractivity contribution in [1.82, 2.24) is 10.3 Å². The maximum Gasteiger partial charge on any atom is 0.254 e. The molecule has 1 heterocycles. The highest BCUT2D eigenvalue weighted by Gasteiger charge is 2.13. The van der Waals surface area contributed by atoms with Crippen LogP contribution in [-0.2, 0) is 0 Å². The molecule has 0 aliphatic rings. The van der Waals surface area contributed by atoms with E-state index in [0.29, 0.717) is 10.6 Å². The molecule has 0 spiro atoms. The molecule has 0 bridgehead atoms. The van der Waals surface area contributed by atoms with Crippen molar-refractivity contribution in [2.24, 2.45) is 0 Å². The second-order valence-electron chi connectivity index (χ2n) is 3.34. The molecule has 0 atom stereocenters. The van der Waals surface area contributed by atoms with Crippen LogP contribution in [0.2, 0.25) is 5.02 Å². The van der Waals surface area contributed by atoms with E-state index in [1.807, 2.05) is 13.8 Å². The molecule has 0 aliphatic carbocycles. The minimum absolute atomic E-state index is 0.151. The molecule has 15 heavy (non-hydrogen) atoms. The third-order valence-corrected chi connectivity index (χ3v) is 2.66. The van der Waals surface area contributed by atoms with Gasteiger partial charge in [-0.15, -0.1) is 0 Å². The van der Waals surface area contributed by atoms with Crippen molar-refractivity contribution in [2.75, 3.05) is 0 Å². The van der Waals surface area contributed by atoms with Crippen LogP contribution >= 0.6 is 11.6 Å². The summed E-state index contributed by atoms with van der Waals surface area (Å²) in [4.78, 5) is 15.6. The van der Waals surface area contributed by atoms with Crippen LogP contribution in [0.15, 0.2) is 18.5 Å². The lowest BCUT2D eigenvalue weighted by atomic mass is 10.1. The molecule has 0 aliphatic heterocycles. The Hall–Kier alpha value is -1.09. The van der Waals surface area contributed by atoms with E-state index in [0.717, 1.165) is 12.8 Å². The zero-order valence-electron chi connectivity index (χ0n) is 8.96. The molecule has 1 N–H and O–H groups in total. The molecule has 0 saturated heterocycles. The van der Waals surface area contributed by atoms with Gasteiger partial charge in [-0.3, -0.25) is 9.78 Å². The normalized spacial score (nSPS) is 10.4. The molecule has 0 unspecified atom stereocenters. The van der Waals surface area contributed by atoms with Crippen molar-refractivity contribution in [3.63, 3.8) is 0 Å². The van der Waals surface area contributed by atoms with Crippen LogP contribution in [0.5, 0.6) is 0 Å². The number of aromatic nitrogens is 1. The average Bonchev–Trinajstić information content (AvgIpc) is 2.26. The first kappa shape index (κ1) is 12.0. The molecular weight excluding hydrogens is 212 g/mol. The number of pyridine rings is 1. The third kappa shape index (κ3) is 3.20. The molecule has 1 rings (SSSR count). The van der Waals surface area contributed by atoms with Gasteiger partial charge in [0.15, 0.2) is 0 Å². The third-order valence-electron chi connectivity index (χ3n) is 2.33. The molecule has 1 amide bonds. The Balaban J connectivity index is 2.73. The number of rotatable bonds is 4. The second kappa shape index (κ2) is 5.71. The lowest BCUT2D eigenvalue weighted by molar-refractivity contribution is 0.0934. The molecular formula is C11H15ClN2O. The van der Waals surface area contributed by atoms with Gasteiger partial charge in [-0.2, -0.15) is 0 Å². The van der Waals surface area contributed by atoms with E-state index in [2.05, 4.69) is 10.3 Å². The van der Waals surface area contributed by atoms with Crippen molar-refractivity contribution in [3.8, 4) is 0 Å². The highest BCUT2D eigenvalue weighted by atomic mass is 35.5. The number of halogens is 1. The molecule has 4 heteroatoms. The van der Waals surface area contributed by atoms with Gasteiger partial charge in [0.2, 0.25) is 0 Å². The van der Waals surface area contributed by atoms with E-state index in [-0.39, 0.29) is 11.9 Å². The molecule has 0 saturated carbocycles. The molecule has 0 aromatic carbocycles. The van der Waals surface area contributed by atoms with Gasteiger partial charge in [0.1, 0.15) is 0 Å². The smallest absolute Gasteiger partial charge is 0.254 e. The van der Waals surface area contributed by atoms with Crippen LogP contribution in [0.4, 0.5) is 0 Å². The van der Waals surface area contributed by atoms with Gasteiger partial charge in [-0.25, -0.2) is 0 Å². The summed E-state index contributed by atoms with van der Waals surface area (Å²) < 4.78 is 0. The zero-order chi connectivity index (χ0) is 11.3. The van der Waals surface area contributed by atoms with Gasteiger partial charge in [-0.05, 0) is 18.9 Å². The van der Waals surface area contributed by atoms with Gasteiger partial charge in [0.25, 0.3) is 5.91 Å². The van der Waals surface area contributed by atoms with Crippen LogP contribution < -0.4 is 5.32 Å². The Morgan fingerprint density at radius 3 is 2.73 bits per heavy atom. The largest absolute Gasteiger partial charge is 0.349 e. The van der Waals surface area contributed by atoms with Crippen LogP contribution in [0.1, 0.15) is 37.0 Å². The Morgan fingerprint density at radius 2 is 2.20 bits per heavy atom. The summed E-state index contributed by atoms with van der Waals surface area (Å²) in [5.74, 6) is -0.151. The van der Waals surface area contributed by atoms with Crippen molar-refractivity contribution in [2.45, 2.75) is 32.7 Å². The molecule has 0 fully saturated rings. The van der Waals surface area contributed by atoms with Crippen LogP contribution in [0, 0.1) is 0 Å². The first-order valence-electron chi connectivity index (χ1n) is 5.09. The molecule has 3 nitrogen and oxygen atoms in total. The van der Waals surface area contributed by atoms with E-state index >= 15 is 0 Å². The monoisotopic (exact) mass is 226 g/mol. The van der Waals surface area contributed by atoms with Gasteiger partial charge in [-0.1, -0.05) is 25.4 Å². The zero-order valence-corrected chi connectivity index (χ0v) is 9.71. The summed E-state index contributed by atoms with van der Waals surface area (Å²) >= 11 is 5.89. The fourth-order valence-corrected chi connectivity index (χ4v) is 1.49. The van der Waals surface area contributed by atoms with E-state index < -0.39 is 0 Å². The van der Waals surface area contributed by atoms with Crippen molar-refractivity contribution < 1.29 is 4.79 Å². The van der Waals surface area contributed by atoms with Gasteiger partial charge in [0.05, 0.1) is 10.6 Å². The molecule has 1 aromatic heterocycles. The van der Waals surface area contributed by atoms with Crippen LogP contribution in [0.25, 0.3) is 0 Å². The summed E-state index contributed by atoms with van der Waals surface area (Å²) in [6.45, 7) is 4.08. The predicted molar refractivity (Wildman–Crippen MR) is 61.1 cm³/mol. The molecule has 0 radical (unpaired) electrons. The fraction of sp³-hybridized carbons (Fsp3) is 0.455. The van der Waals surface area contributed by atoms with Gasteiger partial charge >= 0.3 is 0 Å². The number of amides is 1. The SMILES string of the molecule is CCC(CC)NC(=O)c1cnccc1Cl. The Morgan fingerprint density at radius 1 is 1.53 bits per heavy atom. The highest BCUT2D eigenvalue weighted by molar-refractivity contribution is 6.33. The second-order valence-corrected chi connectivity index (χ2v) is 3.75. The molecule has 1 aromatic rings. The number of nitrogens with one attached hydrogen (secondary N) is 1. The number of carbonyl (C=O) groups is 1. The maximum atomic E-state index is 11.8. The predicted octanol–water partition coefficient (Wildman–Crippen LogP) is 2.65. The van der Waals surface area contributed by atoms with Crippen LogP contribution in [-0.4, -0.2) is 16.9 Å². The standard InChI is InChI=1S/C11H15ClN2O/c1-3-8(4-2)14-11(15)9-7-13-6-5-10(9)12/h5-8H,3-4H2,1-2H3,(H,14,15).